The largest absolute Gasteiger partial charge is 0.449 e. The van der Waals surface area contributed by atoms with Gasteiger partial charge in [-0.05, 0) is 75.9 Å². The van der Waals surface area contributed by atoms with Gasteiger partial charge < -0.3 is 26.0 Å². The number of ether oxygens (including phenoxy) is 1. The van der Waals surface area contributed by atoms with E-state index in [-0.39, 0.29) is 30.4 Å². The number of hydrogen-bond acceptors (Lipinski definition) is 6. The SMILES string of the molecule is CC(C)COC(=O)N[C@@H](C(=O)N1CCC[C@H]1C(=O)NCC1CCC(N)CC1)C(C)(C)SCC(C)C. The molecule has 0 aromatic carbocycles. The highest BCUT2D eigenvalue weighted by Gasteiger charge is 2.44. The Bertz CT molecular complexity index is 707. The second-order valence-corrected chi connectivity index (χ2v) is 13.3. The van der Waals surface area contributed by atoms with Crippen molar-refractivity contribution in [3.8, 4) is 0 Å². The van der Waals surface area contributed by atoms with E-state index in [4.69, 9.17) is 10.5 Å². The fourth-order valence-electron chi connectivity index (χ4n) is 4.62. The van der Waals surface area contributed by atoms with Gasteiger partial charge in [0.1, 0.15) is 12.1 Å². The fraction of sp³-hybridized carbons (Fsp3) is 0.885. The molecular weight excluding hydrogens is 464 g/mol. The molecule has 0 aromatic rings. The molecule has 8 nitrogen and oxygen atoms in total. The van der Waals surface area contributed by atoms with Gasteiger partial charge in [-0.3, -0.25) is 9.59 Å². The Balaban J connectivity index is 2.08. The molecule has 0 unspecified atom stereocenters. The molecule has 4 N–H and O–H groups in total. The van der Waals surface area contributed by atoms with Crippen LogP contribution < -0.4 is 16.4 Å². The monoisotopic (exact) mass is 512 g/mol. The van der Waals surface area contributed by atoms with Crippen molar-refractivity contribution in [3.63, 3.8) is 0 Å². The van der Waals surface area contributed by atoms with E-state index in [2.05, 4.69) is 24.5 Å². The van der Waals surface area contributed by atoms with Gasteiger partial charge in [-0.2, -0.15) is 11.8 Å². The molecule has 2 rings (SSSR count). The molecule has 1 saturated carbocycles. The summed E-state index contributed by atoms with van der Waals surface area (Å²) in [6.07, 6.45) is 4.87. The summed E-state index contributed by atoms with van der Waals surface area (Å²) in [5.74, 6) is 1.63. The smallest absolute Gasteiger partial charge is 0.407 e. The topological polar surface area (TPSA) is 114 Å². The van der Waals surface area contributed by atoms with Gasteiger partial charge in [0.05, 0.1) is 6.61 Å². The van der Waals surface area contributed by atoms with Crippen molar-refractivity contribution in [2.45, 2.75) is 103 Å². The number of amides is 3. The predicted molar refractivity (Wildman–Crippen MR) is 142 cm³/mol. The molecule has 0 aromatic heterocycles. The quantitative estimate of drug-likeness (QED) is 0.390. The number of nitrogens with two attached hydrogens (primary N) is 1. The van der Waals surface area contributed by atoms with Crippen LogP contribution in [0.2, 0.25) is 0 Å². The van der Waals surface area contributed by atoms with Gasteiger partial charge in [0.15, 0.2) is 0 Å². The second-order valence-electron chi connectivity index (χ2n) is 11.6. The van der Waals surface area contributed by atoms with Gasteiger partial charge in [0.25, 0.3) is 0 Å². The molecule has 202 valence electrons. The summed E-state index contributed by atoms with van der Waals surface area (Å²) in [7, 11) is 0. The summed E-state index contributed by atoms with van der Waals surface area (Å²) >= 11 is 1.66. The van der Waals surface area contributed by atoms with Crippen LogP contribution >= 0.6 is 11.8 Å². The average molecular weight is 513 g/mol. The molecule has 9 heteroatoms. The van der Waals surface area contributed by atoms with Crippen molar-refractivity contribution >= 4 is 29.7 Å². The van der Waals surface area contributed by atoms with Crippen LogP contribution in [-0.2, 0) is 14.3 Å². The van der Waals surface area contributed by atoms with Crippen LogP contribution in [0.4, 0.5) is 4.79 Å². The molecule has 2 fully saturated rings. The van der Waals surface area contributed by atoms with Crippen LogP contribution in [0, 0.1) is 17.8 Å². The van der Waals surface area contributed by atoms with E-state index >= 15 is 0 Å². The highest BCUT2D eigenvalue weighted by molar-refractivity contribution is 8.00. The first-order valence-corrected chi connectivity index (χ1v) is 14.3. The van der Waals surface area contributed by atoms with E-state index < -0.39 is 22.9 Å². The van der Waals surface area contributed by atoms with Crippen LogP contribution in [0.25, 0.3) is 0 Å². The molecule has 2 aliphatic rings. The Morgan fingerprint density at radius 3 is 2.31 bits per heavy atom. The third kappa shape index (κ3) is 9.48. The minimum absolute atomic E-state index is 0.0977. The van der Waals surface area contributed by atoms with Gasteiger partial charge in [0, 0.05) is 23.9 Å². The number of thioether (sulfide) groups is 1. The summed E-state index contributed by atoms with van der Waals surface area (Å²) in [5, 5.41) is 5.94. The first-order chi connectivity index (χ1) is 16.4. The van der Waals surface area contributed by atoms with E-state index in [0.717, 1.165) is 37.9 Å². The molecule has 1 saturated heterocycles. The van der Waals surface area contributed by atoms with Crippen molar-refractivity contribution < 1.29 is 19.1 Å². The molecule has 0 spiro atoms. The van der Waals surface area contributed by atoms with E-state index in [1.54, 1.807) is 16.7 Å². The summed E-state index contributed by atoms with van der Waals surface area (Å²) in [6, 6.07) is -1.02. The zero-order valence-corrected chi connectivity index (χ0v) is 23.4. The molecule has 2 atom stereocenters. The van der Waals surface area contributed by atoms with E-state index in [1.165, 1.54) is 0 Å². The third-order valence-corrected chi connectivity index (χ3v) is 8.65. The maximum Gasteiger partial charge on any atom is 0.407 e. The van der Waals surface area contributed by atoms with E-state index in [9.17, 15) is 14.4 Å². The number of carbonyl (C=O) groups is 3. The second kappa shape index (κ2) is 13.7. The van der Waals surface area contributed by atoms with Crippen LogP contribution in [0.5, 0.6) is 0 Å². The predicted octanol–water partition coefficient (Wildman–Crippen LogP) is 3.53. The van der Waals surface area contributed by atoms with Crippen molar-refractivity contribution in [3.05, 3.63) is 0 Å². The molecule has 0 bridgehead atoms. The number of alkyl carbamates (subject to hydrolysis) is 1. The van der Waals surface area contributed by atoms with Gasteiger partial charge in [-0.1, -0.05) is 27.7 Å². The van der Waals surface area contributed by atoms with Crippen molar-refractivity contribution in [2.24, 2.45) is 23.5 Å². The van der Waals surface area contributed by atoms with E-state index in [0.29, 0.717) is 31.3 Å². The average Bonchev–Trinajstić information content (AvgIpc) is 3.29. The zero-order valence-electron chi connectivity index (χ0n) is 22.6. The Kier molecular flexibility index (Phi) is 11.7. The van der Waals surface area contributed by atoms with Gasteiger partial charge in [-0.25, -0.2) is 4.79 Å². The molecule has 1 aliphatic carbocycles. The number of likely N-dealkylation sites (tertiary alicyclic amines) is 1. The molecule has 0 radical (unpaired) electrons. The first-order valence-electron chi connectivity index (χ1n) is 13.3. The van der Waals surface area contributed by atoms with Crippen LogP contribution in [0.3, 0.4) is 0 Å². The maximum absolute atomic E-state index is 13.8. The number of rotatable bonds is 11. The number of hydrogen-bond donors (Lipinski definition) is 3. The minimum atomic E-state index is -0.792. The normalized spacial score (nSPS) is 23.9. The lowest BCUT2D eigenvalue weighted by Crippen LogP contribution is -2.60. The third-order valence-electron chi connectivity index (χ3n) is 6.84. The first kappa shape index (κ1) is 29.7. The molecule has 3 amide bonds. The number of nitrogens with one attached hydrogen (secondary N) is 2. The van der Waals surface area contributed by atoms with Gasteiger partial charge in [0.2, 0.25) is 11.8 Å². The Morgan fingerprint density at radius 1 is 1.06 bits per heavy atom. The van der Waals surface area contributed by atoms with Crippen molar-refractivity contribution in [2.75, 3.05) is 25.4 Å². The minimum Gasteiger partial charge on any atom is -0.449 e. The maximum atomic E-state index is 13.8. The lowest BCUT2D eigenvalue weighted by Gasteiger charge is -2.37. The van der Waals surface area contributed by atoms with Crippen LogP contribution in [0.15, 0.2) is 0 Å². The number of nitrogens with zero attached hydrogens (tertiary/aromatic N) is 1. The zero-order chi connectivity index (χ0) is 26.2. The van der Waals surface area contributed by atoms with E-state index in [1.807, 2.05) is 27.7 Å². The summed E-state index contributed by atoms with van der Waals surface area (Å²) < 4.78 is 4.77. The van der Waals surface area contributed by atoms with Gasteiger partial charge in [-0.15, -0.1) is 0 Å². The lowest BCUT2D eigenvalue weighted by molar-refractivity contribution is -0.140. The van der Waals surface area contributed by atoms with Crippen molar-refractivity contribution in [1.82, 2.24) is 15.5 Å². The molecular formula is C26H48N4O4S. The molecule has 35 heavy (non-hydrogen) atoms. The summed E-state index contributed by atoms with van der Waals surface area (Å²) in [4.78, 5) is 41.2. The fourth-order valence-corrected chi connectivity index (χ4v) is 5.71. The van der Waals surface area contributed by atoms with Gasteiger partial charge >= 0.3 is 6.09 Å². The highest BCUT2D eigenvalue weighted by Crippen LogP contribution is 2.33. The summed E-state index contributed by atoms with van der Waals surface area (Å²) in [5.41, 5.74) is 6.00. The molecule has 1 heterocycles. The number of carbonyl (C=O) groups excluding carboxylic acids is 3. The molecule has 1 aliphatic heterocycles. The van der Waals surface area contributed by atoms with Crippen LogP contribution in [0.1, 0.15) is 80.1 Å². The Labute approximate surface area is 216 Å². The Hall–Kier alpha value is -1.48. The highest BCUT2D eigenvalue weighted by atomic mass is 32.2. The standard InChI is InChI=1S/C26H48N4O4S/c1-17(2)15-34-25(33)29-22(26(5,6)35-16-18(3)4)24(32)30-13-7-8-21(30)23(31)28-14-19-9-11-20(27)12-10-19/h17-22H,7-16,27H2,1-6H3,(H,28,31)(H,29,33)/t19?,20?,21-,22-/m0/s1. The Morgan fingerprint density at radius 2 is 1.71 bits per heavy atom. The van der Waals surface area contributed by atoms with Crippen molar-refractivity contribution in [1.29, 1.82) is 0 Å². The van der Waals surface area contributed by atoms with Crippen LogP contribution in [-0.4, -0.2) is 71.1 Å². The summed E-state index contributed by atoms with van der Waals surface area (Å²) in [6.45, 7) is 13.6. The lowest BCUT2D eigenvalue weighted by atomic mass is 9.86.